The number of aliphatic imine (C=N–C) groups is 1. The van der Waals surface area contributed by atoms with Crippen LogP contribution in [0.4, 0.5) is 16.2 Å². The summed E-state index contributed by atoms with van der Waals surface area (Å²) in [5, 5.41) is 66.7. The molecule has 0 saturated carbocycles. The first-order chi connectivity index (χ1) is 42.3. The largest absolute Gasteiger partial charge is 3.00 e. The van der Waals surface area contributed by atoms with Crippen LogP contribution in [0.2, 0.25) is 0 Å². The van der Waals surface area contributed by atoms with Gasteiger partial charge in [0.25, 0.3) is 10.9 Å². The first-order valence-electron chi connectivity index (χ1n) is 29.1. The van der Waals surface area contributed by atoms with Gasteiger partial charge in [0.2, 0.25) is 23.6 Å². The molecule has 89 heavy (non-hydrogen) atoms. The third kappa shape index (κ3) is 27.3. The first-order valence-corrected chi connectivity index (χ1v) is 29.1. The van der Waals surface area contributed by atoms with E-state index in [1.807, 2.05) is 6.07 Å². The van der Waals surface area contributed by atoms with E-state index < -0.39 is 84.1 Å². The van der Waals surface area contributed by atoms with Crippen LogP contribution in [0.5, 0.6) is 11.5 Å². The molecule has 29 nitrogen and oxygen atoms in total. The van der Waals surface area contributed by atoms with E-state index >= 15 is 0 Å². The van der Waals surface area contributed by atoms with Crippen molar-refractivity contribution in [2.24, 2.45) is 10.7 Å². The van der Waals surface area contributed by atoms with Gasteiger partial charge < -0.3 is 87.8 Å². The summed E-state index contributed by atoms with van der Waals surface area (Å²) < 4.78 is 6.12. The molecule has 1 heterocycles. The molecule has 11 N–H and O–H groups in total. The second-order valence-corrected chi connectivity index (χ2v) is 20.8. The van der Waals surface area contributed by atoms with Gasteiger partial charge in [0.05, 0.1) is 37.0 Å². The van der Waals surface area contributed by atoms with Crippen molar-refractivity contribution < 1.29 is 63.5 Å². The Bertz CT molecular complexity index is 3010. The smallest absolute Gasteiger partial charge is 0.549 e. The van der Waals surface area contributed by atoms with Gasteiger partial charge in [-0.15, -0.1) is 0 Å². The summed E-state index contributed by atoms with van der Waals surface area (Å²) >= 11 is 0. The van der Waals surface area contributed by atoms with Crippen molar-refractivity contribution in [2.75, 3.05) is 135 Å². The molecule has 1 saturated heterocycles. The van der Waals surface area contributed by atoms with Crippen molar-refractivity contribution >= 4 is 90.7 Å². The Hall–Kier alpha value is -8.32. The van der Waals surface area contributed by atoms with Crippen LogP contribution < -0.4 is 79.2 Å². The molecule has 478 valence electrons. The summed E-state index contributed by atoms with van der Waals surface area (Å²) in [5.74, 6) is -6.05. The van der Waals surface area contributed by atoms with Gasteiger partial charge in [-0.05, 0) is 66.6 Å². The van der Waals surface area contributed by atoms with Crippen LogP contribution in [-0.4, -0.2) is 235 Å². The molecular formula is C59H79InN14O15. The minimum Gasteiger partial charge on any atom is -0.549 e. The van der Waals surface area contributed by atoms with Gasteiger partial charge in [-0.3, -0.25) is 48.4 Å². The van der Waals surface area contributed by atoms with Gasteiger partial charge in [-0.2, -0.15) is 4.99 Å². The quantitative estimate of drug-likeness (QED) is 0.00904. The van der Waals surface area contributed by atoms with E-state index in [9.17, 15) is 68.4 Å². The number of urea groups is 1. The molecule has 5 rings (SSSR count). The van der Waals surface area contributed by atoms with Gasteiger partial charge in [0.15, 0.2) is 5.96 Å². The standard InChI is InChI=1S/C59H82N14O15.In/c1-2-46(75)61-22-24-66-59(87)69-58(60)65-20-9-14-45(56(85)67-35-40-15-17-43(74)18-16-40)68-57(86)51(41-10-4-3-5-11-41)42-12-8-13-44(34-42)88-33-7-6-19-63-52-53(55(84)54(52)83)64-23-21-62-47(76)36-70-25-27-71(37-48(77)78)29-31-73(39-50(81)82)32-30-72(28-26-70)38-49(79)80;/h3-5,8,10-13,15-18,34,45,51,63-64,74H,2,6-7,9,14,19-33,35-39H2,1H3,(H,61,75)(H,62,76)(H,67,85)(H,68,86)(H,77,78)(H,79,80)(H,81,82)(H4,60,65,66,69,87);/q;+3/p-3/t45?,51-;/m1./s1. The van der Waals surface area contributed by atoms with Crippen LogP contribution in [0.15, 0.2) is 93.4 Å². The maximum absolute atomic E-state index is 14.5. The number of anilines is 2. The number of carboxylic acid groups (broad SMARTS) is 3. The third-order valence-corrected chi connectivity index (χ3v) is 14.0. The Morgan fingerprint density at radius 3 is 1.69 bits per heavy atom. The van der Waals surface area contributed by atoms with Crippen molar-refractivity contribution in [1.82, 2.24) is 51.5 Å². The van der Waals surface area contributed by atoms with E-state index in [1.165, 1.54) is 17.0 Å². The number of amides is 6. The normalized spacial score (nSPS) is 14.5. The number of unbranched alkanes of at least 4 members (excludes halogenated alkanes) is 1. The number of nitrogens with one attached hydrogen (secondary N) is 8. The van der Waals surface area contributed by atoms with Crippen LogP contribution in [0.3, 0.4) is 0 Å². The SMILES string of the molecule is CCC(=O)NCCNC(=O)/N=C(/N)NCCCC(NC(=O)[C@H](c1ccccc1)c1cccc(OCCCCNc2c(NCCNC(=O)CN3CCN(CC(=O)[O-])CCN(CC(=O)[O-])CCN(CC(=O)[O-])CC3)c(=O)c2=O)c1)C(=O)NCc1ccc(O)cc1.[In+3]. The number of carbonyl (C=O) groups is 8. The second kappa shape index (κ2) is 39.5. The van der Waals surface area contributed by atoms with E-state index in [0.717, 1.165) is 0 Å². The minimum absolute atomic E-state index is 0. The van der Waals surface area contributed by atoms with Crippen LogP contribution in [0.1, 0.15) is 61.6 Å². The van der Waals surface area contributed by atoms with Crippen molar-refractivity contribution in [3.63, 3.8) is 0 Å². The molecule has 0 radical (unpaired) electrons. The first kappa shape index (κ1) is 73.2. The average molecular weight is 1340 g/mol. The fraction of sp³-hybridized carbons (Fsp3) is 0.475. The van der Waals surface area contributed by atoms with Crippen molar-refractivity contribution in [3.05, 3.63) is 116 Å². The maximum atomic E-state index is 14.5. The third-order valence-electron chi connectivity index (χ3n) is 14.0. The summed E-state index contributed by atoms with van der Waals surface area (Å²) in [6, 6.07) is 20.6. The molecule has 0 aliphatic carbocycles. The van der Waals surface area contributed by atoms with Gasteiger partial charge in [-0.1, -0.05) is 61.5 Å². The number of ether oxygens (including phenoxy) is 1. The number of hydrogen-bond acceptors (Lipinski definition) is 21. The molecule has 1 fully saturated rings. The number of aromatic hydroxyl groups is 1. The fourth-order valence-corrected chi connectivity index (χ4v) is 9.35. The number of guanidine groups is 1. The number of aliphatic carboxylic acids is 3. The number of rotatable bonds is 34. The van der Waals surface area contributed by atoms with Gasteiger partial charge in [-0.25, -0.2) is 4.79 Å². The van der Waals surface area contributed by atoms with Gasteiger partial charge in [0, 0.05) is 124 Å². The zero-order chi connectivity index (χ0) is 63.8. The summed E-state index contributed by atoms with van der Waals surface area (Å²) in [7, 11) is 0. The van der Waals surface area contributed by atoms with E-state index in [-0.39, 0.29) is 166 Å². The number of phenols is 1. The van der Waals surface area contributed by atoms with E-state index in [4.69, 9.17) is 10.5 Å². The van der Waals surface area contributed by atoms with Crippen molar-refractivity contribution in [3.8, 4) is 11.5 Å². The summed E-state index contributed by atoms with van der Waals surface area (Å²) in [4.78, 5) is 135. The molecule has 4 aromatic carbocycles. The molecule has 6 amide bonds. The topological polar surface area (TPSA) is 417 Å². The average Bonchev–Trinajstić information content (AvgIpc) is 2.12. The summed E-state index contributed by atoms with van der Waals surface area (Å²) in [6.45, 7) is 3.01. The number of nitrogens with zero attached hydrogens (tertiary/aromatic N) is 5. The predicted molar refractivity (Wildman–Crippen MR) is 325 cm³/mol. The molecule has 0 bridgehead atoms. The van der Waals surface area contributed by atoms with Crippen LogP contribution in [-0.2, 0) is 40.1 Å². The number of nitrogens with two attached hydrogens (primary N) is 1. The maximum Gasteiger partial charge on any atom is 3.00 e. The van der Waals surface area contributed by atoms with Crippen LogP contribution >= 0.6 is 0 Å². The molecular weight excluding hydrogens is 1260 g/mol. The zero-order valence-corrected chi connectivity index (χ0v) is 53.2. The number of carbonyl (C=O) groups excluding carboxylic acids is 8. The summed E-state index contributed by atoms with van der Waals surface area (Å²) in [6.07, 6.45) is 1.81. The zero-order valence-electron chi connectivity index (χ0n) is 49.9. The Morgan fingerprint density at radius 1 is 0.584 bits per heavy atom. The number of hydrogen-bond donors (Lipinski definition) is 10. The Morgan fingerprint density at radius 2 is 1.11 bits per heavy atom. The summed E-state index contributed by atoms with van der Waals surface area (Å²) in [5.41, 5.74) is 6.64. The molecule has 30 heteroatoms. The molecule has 4 aromatic rings. The molecule has 0 spiro atoms. The molecule has 0 aromatic heterocycles. The number of benzene rings is 3. The van der Waals surface area contributed by atoms with Crippen LogP contribution in [0.25, 0.3) is 0 Å². The van der Waals surface area contributed by atoms with Crippen LogP contribution in [0, 0.1) is 0 Å². The van der Waals surface area contributed by atoms with Gasteiger partial charge in [0.1, 0.15) is 28.9 Å². The predicted octanol–water partition coefficient (Wildman–Crippen LogP) is -5.27. The molecule has 1 aliphatic heterocycles. The monoisotopic (exact) mass is 1340 g/mol. The fourth-order valence-electron chi connectivity index (χ4n) is 9.35. The Labute approximate surface area is 534 Å². The van der Waals surface area contributed by atoms with E-state index in [1.54, 1.807) is 82.3 Å². The molecule has 1 unspecified atom stereocenters. The minimum atomic E-state index is -1.34. The Balaban J connectivity index is 0.0000169. The van der Waals surface area contributed by atoms with Crippen molar-refractivity contribution in [2.45, 2.75) is 57.5 Å². The van der Waals surface area contributed by atoms with Gasteiger partial charge >= 0.3 is 31.9 Å². The van der Waals surface area contributed by atoms with Crippen molar-refractivity contribution in [1.29, 1.82) is 0 Å². The van der Waals surface area contributed by atoms with E-state index in [2.05, 4.69) is 47.5 Å². The van der Waals surface area contributed by atoms with E-state index in [0.29, 0.717) is 54.7 Å². The second-order valence-electron chi connectivity index (χ2n) is 20.8. The number of phenolic OH excluding ortho intramolecular Hbond substituents is 1. The Kier molecular flexibility index (Phi) is 32.5. The molecule has 1 aliphatic rings. The number of carboxylic acids is 3. The molecule has 2 atom stereocenters.